The zero-order valence-electron chi connectivity index (χ0n) is 17.5. The topological polar surface area (TPSA) is 119 Å². The minimum atomic E-state index is -4.11. The standard InChI is InChI=1S/C23H25N3O4S/c1-3-11-23(12-4-2)16-8-6-5-7-15(16)20(27)19(21(23)28)22-25-17-10-9-14(24)13-18(17)31(29,30)26-22/h5-10,13,19H,3-4,11-12,24H2,1-2H3,(H,25,26). The van der Waals surface area contributed by atoms with Crippen LogP contribution in [0.25, 0.3) is 0 Å². The average Bonchev–Trinajstić information content (AvgIpc) is 2.73. The number of carbonyl (C=O) groups excluding carboxylic acids is 2. The van der Waals surface area contributed by atoms with Crippen molar-refractivity contribution in [2.45, 2.75) is 49.8 Å². The van der Waals surface area contributed by atoms with Crippen molar-refractivity contribution < 1.29 is 18.0 Å². The summed E-state index contributed by atoms with van der Waals surface area (Å²) in [6, 6.07) is 11.5. The molecule has 1 heterocycles. The number of nitrogens with one attached hydrogen (secondary N) is 1. The van der Waals surface area contributed by atoms with E-state index >= 15 is 0 Å². The van der Waals surface area contributed by atoms with Gasteiger partial charge in [-0.3, -0.25) is 9.59 Å². The third-order valence-electron chi connectivity index (χ3n) is 6.10. The second-order valence-electron chi connectivity index (χ2n) is 8.12. The molecule has 2 aromatic carbocycles. The van der Waals surface area contributed by atoms with E-state index < -0.39 is 27.1 Å². The highest BCUT2D eigenvalue weighted by molar-refractivity contribution is 7.90. The number of ketones is 2. The molecular weight excluding hydrogens is 414 g/mol. The third-order valence-corrected chi connectivity index (χ3v) is 7.43. The van der Waals surface area contributed by atoms with Crippen LogP contribution in [0.2, 0.25) is 0 Å². The lowest BCUT2D eigenvalue weighted by molar-refractivity contribution is -0.126. The summed E-state index contributed by atoms with van der Waals surface area (Å²) in [5.74, 6) is -2.16. The van der Waals surface area contributed by atoms with Crippen molar-refractivity contribution >= 4 is 38.8 Å². The molecular formula is C23H25N3O4S. The van der Waals surface area contributed by atoms with Gasteiger partial charge in [0.1, 0.15) is 16.6 Å². The van der Waals surface area contributed by atoms with E-state index in [1.165, 1.54) is 12.1 Å². The lowest BCUT2D eigenvalue weighted by atomic mass is 9.60. The summed E-state index contributed by atoms with van der Waals surface area (Å²) in [7, 11) is -4.11. The van der Waals surface area contributed by atoms with E-state index in [0.717, 1.165) is 18.4 Å². The number of hydrogen-bond acceptors (Lipinski definition) is 6. The van der Waals surface area contributed by atoms with Gasteiger partial charge in [0.15, 0.2) is 11.6 Å². The highest BCUT2D eigenvalue weighted by Gasteiger charge is 2.53. The van der Waals surface area contributed by atoms with Gasteiger partial charge in [-0.2, -0.15) is 8.42 Å². The van der Waals surface area contributed by atoms with Crippen LogP contribution in [0.4, 0.5) is 11.4 Å². The van der Waals surface area contributed by atoms with Gasteiger partial charge >= 0.3 is 0 Å². The van der Waals surface area contributed by atoms with Crippen LogP contribution in [-0.2, 0) is 20.2 Å². The summed E-state index contributed by atoms with van der Waals surface area (Å²) in [6.07, 6.45) is 2.66. The summed E-state index contributed by atoms with van der Waals surface area (Å²) >= 11 is 0. The minimum Gasteiger partial charge on any atom is -0.399 e. The van der Waals surface area contributed by atoms with E-state index in [0.29, 0.717) is 18.4 Å². The van der Waals surface area contributed by atoms with Crippen molar-refractivity contribution in [3.63, 3.8) is 0 Å². The van der Waals surface area contributed by atoms with E-state index in [9.17, 15) is 18.0 Å². The molecule has 0 radical (unpaired) electrons. The van der Waals surface area contributed by atoms with Gasteiger partial charge < -0.3 is 11.1 Å². The molecule has 2 aliphatic rings. The lowest BCUT2D eigenvalue weighted by Crippen LogP contribution is -2.52. The van der Waals surface area contributed by atoms with E-state index in [-0.39, 0.29) is 27.9 Å². The molecule has 0 bridgehead atoms. The summed E-state index contributed by atoms with van der Waals surface area (Å²) in [4.78, 5) is 27.3. The Morgan fingerprint density at radius 1 is 1.06 bits per heavy atom. The molecule has 0 aromatic heterocycles. The van der Waals surface area contributed by atoms with Crippen LogP contribution in [-0.4, -0.2) is 25.8 Å². The number of carbonyl (C=O) groups is 2. The fourth-order valence-corrected chi connectivity index (χ4v) is 6.05. The van der Waals surface area contributed by atoms with Crippen LogP contribution in [0.15, 0.2) is 51.8 Å². The van der Waals surface area contributed by atoms with Crippen LogP contribution >= 0.6 is 0 Å². The fourth-order valence-electron chi connectivity index (χ4n) is 4.86. The molecule has 0 amide bonds. The Balaban J connectivity index is 1.90. The Morgan fingerprint density at radius 2 is 1.74 bits per heavy atom. The molecule has 3 N–H and O–H groups in total. The first-order valence-corrected chi connectivity index (χ1v) is 11.9. The largest absolute Gasteiger partial charge is 0.399 e. The van der Waals surface area contributed by atoms with Crippen LogP contribution in [0, 0.1) is 5.92 Å². The van der Waals surface area contributed by atoms with E-state index in [4.69, 9.17) is 5.73 Å². The van der Waals surface area contributed by atoms with Crippen molar-refractivity contribution in [3.8, 4) is 0 Å². The Bertz CT molecular complexity index is 1210. The second kappa shape index (κ2) is 7.60. The molecule has 4 rings (SSSR count). The molecule has 0 fully saturated rings. The predicted octanol–water partition coefficient (Wildman–Crippen LogP) is 3.70. The maximum Gasteiger partial charge on any atom is 0.286 e. The lowest BCUT2D eigenvalue weighted by Gasteiger charge is -2.41. The van der Waals surface area contributed by atoms with Gasteiger partial charge in [-0.25, -0.2) is 0 Å². The van der Waals surface area contributed by atoms with Crippen molar-refractivity contribution in [2.24, 2.45) is 10.3 Å². The molecule has 7 nitrogen and oxygen atoms in total. The zero-order chi connectivity index (χ0) is 22.4. The highest BCUT2D eigenvalue weighted by atomic mass is 32.2. The molecule has 1 unspecified atom stereocenters. The number of anilines is 2. The van der Waals surface area contributed by atoms with Crippen LogP contribution in [0.1, 0.15) is 55.5 Å². The van der Waals surface area contributed by atoms with Crippen LogP contribution in [0.5, 0.6) is 0 Å². The Morgan fingerprint density at radius 3 is 2.42 bits per heavy atom. The number of nitrogen functional groups attached to an aromatic ring is 1. The molecule has 0 saturated carbocycles. The van der Waals surface area contributed by atoms with E-state index in [1.807, 2.05) is 26.0 Å². The first kappa shape index (κ1) is 21.2. The maximum absolute atomic E-state index is 13.9. The quantitative estimate of drug-likeness (QED) is 0.542. The van der Waals surface area contributed by atoms with Gasteiger partial charge in [0.25, 0.3) is 10.0 Å². The molecule has 1 atom stereocenters. The number of sulfonamides is 1. The summed E-state index contributed by atoms with van der Waals surface area (Å²) in [6.45, 7) is 4.00. The predicted molar refractivity (Wildman–Crippen MR) is 120 cm³/mol. The van der Waals surface area contributed by atoms with Gasteiger partial charge in [-0.1, -0.05) is 51.0 Å². The molecule has 0 spiro atoms. The summed E-state index contributed by atoms with van der Waals surface area (Å²) in [5.41, 5.74) is 6.61. The number of hydrogen-bond donors (Lipinski definition) is 2. The van der Waals surface area contributed by atoms with Crippen molar-refractivity contribution in [3.05, 3.63) is 53.6 Å². The fraction of sp³-hybridized carbons (Fsp3) is 0.348. The first-order chi connectivity index (χ1) is 14.7. The minimum absolute atomic E-state index is 0.0688. The zero-order valence-corrected chi connectivity index (χ0v) is 18.3. The number of Topliss-reactive ketones (excluding diaryl/α,β-unsaturated/α-hetero) is 2. The Kier molecular flexibility index (Phi) is 5.21. The molecule has 31 heavy (non-hydrogen) atoms. The van der Waals surface area contributed by atoms with Crippen LogP contribution < -0.4 is 11.1 Å². The molecule has 162 valence electrons. The monoisotopic (exact) mass is 439 g/mol. The van der Waals surface area contributed by atoms with Crippen molar-refractivity contribution in [1.82, 2.24) is 0 Å². The SMILES string of the molecule is CCCC1(CCC)C(=O)C(C2=NS(=O)(=O)c3cc(N)ccc3N2)C(=O)c2ccccc21. The normalized spacial score (nSPS) is 21.0. The van der Waals surface area contributed by atoms with E-state index in [1.54, 1.807) is 18.2 Å². The summed E-state index contributed by atoms with van der Waals surface area (Å²) in [5, 5.41) is 2.94. The van der Waals surface area contributed by atoms with Crippen molar-refractivity contribution in [1.29, 1.82) is 0 Å². The number of fused-ring (bicyclic) bond motifs is 2. The number of amidine groups is 1. The first-order valence-electron chi connectivity index (χ1n) is 10.4. The van der Waals surface area contributed by atoms with Gasteiger partial charge in [-0.15, -0.1) is 4.40 Å². The van der Waals surface area contributed by atoms with Gasteiger partial charge in [0.05, 0.1) is 11.1 Å². The molecule has 2 aromatic rings. The third kappa shape index (κ3) is 3.26. The average molecular weight is 440 g/mol. The second-order valence-corrected chi connectivity index (χ2v) is 9.69. The Labute approximate surface area is 181 Å². The van der Waals surface area contributed by atoms with Crippen molar-refractivity contribution in [2.75, 3.05) is 11.1 Å². The molecule has 0 saturated heterocycles. The Hall–Kier alpha value is -3.00. The maximum atomic E-state index is 13.9. The van der Waals surface area contributed by atoms with Crippen LogP contribution in [0.3, 0.4) is 0 Å². The smallest absolute Gasteiger partial charge is 0.286 e. The number of rotatable bonds is 5. The summed E-state index contributed by atoms with van der Waals surface area (Å²) < 4.78 is 29.5. The molecule has 1 aliphatic carbocycles. The van der Waals surface area contributed by atoms with Gasteiger partial charge in [0, 0.05) is 11.3 Å². The molecule has 8 heteroatoms. The highest BCUT2D eigenvalue weighted by Crippen LogP contribution is 2.45. The number of benzene rings is 2. The van der Waals surface area contributed by atoms with E-state index in [2.05, 4.69) is 9.71 Å². The van der Waals surface area contributed by atoms with Gasteiger partial charge in [0.2, 0.25) is 0 Å². The molecule has 1 aliphatic heterocycles. The number of nitrogens with two attached hydrogens (primary N) is 1. The number of nitrogens with zero attached hydrogens (tertiary/aromatic N) is 1. The van der Waals surface area contributed by atoms with Gasteiger partial charge in [-0.05, 0) is 36.6 Å².